The Morgan fingerprint density at radius 2 is 1.89 bits per heavy atom. The van der Waals surface area contributed by atoms with Crippen LogP contribution in [-0.4, -0.2) is 23.9 Å². The van der Waals surface area contributed by atoms with Gasteiger partial charge in [0.1, 0.15) is 0 Å². The van der Waals surface area contributed by atoms with E-state index in [1.807, 2.05) is 0 Å². The van der Waals surface area contributed by atoms with Crippen molar-refractivity contribution in [3.05, 3.63) is 0 Å². The smallest absolute Gasteiger partial charge is 0.222 e. The molecule has 1 heterocycles. The van der Waals surface area contributed by atoms with Crippen molar-refractivity contribution in [2.24, 2.45) is 11.8 Å². The van der Waals surface area contributed by atoms with Crippen LogP contribution in [0.25, 0.3) is 0 Å². The van der Waals surface area contributed by atoms with E-state index in [4.69, 9.17) is 0 Å². The Hall–Kier alpha value is -0.530. The fraction of sp³-hybridized carbons (Fsp3) is 0.938. The third-order valence-electron chi connectivity index (χ3n) is 4.11. The van der Waals surface area contributed by atoms with Gasteiger partial charge in [0, 0.05) is 19.5 Å². The first kappa shape index (κ1) is 15.5. The predicted molar refractivity (Wildman–Crippen MR) is 77.5 cm³/mol. The first-order valence-corrected chi connectivity index (χ1v) is 7.91. The lowest BCUT2D eigenvalue weighted by Gasteiger charge is -2.32. The van der Waals surface area contributed by atoms with Crippen LogP contribution in [0.3, 0.4) is 0 Å². The second kappa shape index (κ2) is 8.55. The molecule has 0 aromatic carbocycles. The quantitative estimate of drug-likeness (QED) is 0.664. The van der Waals surface area contributed by atoms with Gasteiger partial charge in [0.25, 0.3) is 0 Å². The number of piperidine rings is 1. The lowest BCUT2D eigenvalue weighted by Crippen LogP contribution is -2.38. The van der Waals surface area contributed by atoms with Crippen LogP contribution in [0.1, 0.15) is 72.1 Å². The number of likely N-dealkylation sites (tertiary alicyclic amines) is 1. The maximum Gasteiger partial charge on any atom is 0.222 e. The van der Waals surface area contributed by atoms with Gasteiger partial charge >= 0.3 is 0 Å². The third-order valence-corrected chi connectivity index (χ3v) is 4.11. The molecule has 1 fully saturated rings. The first-order valence-electron chi connectivity index (χ1n) is 7.91. The molecule has 0 unspecified atom stereocenters. The highest BCUT2D eigenvalue weighted by atomic mass is 16.2. The molecule has 18 heavy (non-hydrogen) atoms. The highest BCUT2D eigenvalue weighted by molar-refractivity contribution is 5.76. The fourth-order valence-electron chi connectivity index (χ4n) is 2.77. The van der Waals surface area contributed by atoms with Gasteiger partial charge in [-0.1, -0.05) is 46.5 Å². The molecule has 1 saturated heterocycles. The predicted octanol–water partition coefficient (Wildman–Crippen LogP) is 4.24. The van der Waals surface area contributed by atoms with E-state index in [2.05, 4.69) is 25.7 Å². The molecule has 0 aromatic heterocycles. The standard InChI is InChI=1S/C16H31NO/c1-4-5-9-16(18)17-12-10-15(11-13-17)8-6-7-14(2)3/h14-15H,4-13H2,1-3H3. The van der Waals surface area contributed by atoms with Crippen LogP contribution >= 0.6 is 0 Å². The van der Waals surface area contributed by atoms with E-state index in [0.717, 1.165) is 44.2 Å². The molecule has 2 nitrogen and oxygen atoms in total. The SMILES string of the molecule is CCCCC(=O)N1CCC(CCCC(C)C)CC1. The number of nitrogens with zero attached hydrogens (tertiary/aromatic N) is 1. The average molecular weight is 253 g/mol. The van der Waals surface area contributed by atoms with E-state index < -0.39 is 0 Å². The van der Waals surface area contributed by atoms with Gasteiger partial charge in [-0.2, -0.15) is 0 Å². The molecular formula is C16H31NO. The minimum Gasteiger partial charge on any atom is -0.343 e. The molecule has 106 valence electrons. The molecule has 0 aliphatic carbocycles. The summed E-state index contributed by atoms with van der Waals surface area (Å²) in [6.45, 7) is 8.77. The second-order valence-electron chi connectivity index (χ2n) is 6.25. The number of carbonyl (C=O) groups is 1. The van der Waals surface area contributed by atoms with Gasteiger partial charge in [-0.25, -0.2) is 0 Å². The summed E-state index contributed by atoms with van der Waals surface area (Å²) in [6.07, 6.45) is 9.49. The topological polar surface area (TPSA) is 20.3 Å². The normalized spacial score (nSPS) is 17.4. The minimum atomic E-state index is 0.387. The number of hydrogen-bond donors (Lipinski definition) is 0. The van der Waals surface area contributed by atoms with Crippen LogP contribution in [0.5, 0.6) is 0 Å². The molecule has 0 spiro atoms. The van der Waals surface area contributed by atoms with Gasteiger partial charge in [-0.3, -0.25) is 4.79 Å². The van der Waals surface area contributed by atoms with Crippen LogP contribution in [0.15, 0.2) is 0 Å². The van der Waals surface area contributed by atoms with Crippen molar-refractivity contribution in [3.8, 4) is 0 Å². The molecule has 1 aliphatic rings. The van der Waals surface area contributed by atoms with Gasteiger partial charge in [0.2, 0.25) is 5.91 Å². The Morgan fingerprint density at radius 3 is 2.44 bits per heavy atom. The molecule has 0 bridgehead atoms. The van der Waals surface area contributed by atoms with Crippen molar-refractivity contribution >= 4 is 5.91 Å². The van der Waals surface area contributed by atoms with Crippen molar-refractivity contribution in [3.63, 3.8) is 0 Å². The van der Waals surface area contributed by atoms with Crippen molar-refractivity contribution < 1.29 is 4.79 Å². The lowest BCUT2D eigenvalue weighted by atomic mass is 9.90. The molecule has 0 N–H and O–H groups in total. The number of amides is 1. The summed E-state index contributed by atoms with van der Waals surface area (Å²) < 4.78 is 0. The van der Waals surface area contributed by atoms with Crippen molar-refractivity contribution in [2.45, 2.75) is 72.1 Å². The highest BCUT2D eigenvalue weighted by Crippen LogP contribution is 2.24. The number of carbonyl (C=O) groups excluding carboxylic acids is 1. The molecule has 1 rings (SSSR count). The van der Waals surface area contributed by atoms with Crippen molar-refractivity contribution in [1.29, 1.82) is 0 Å². The largest absolute Gasteiger partial charge is 0.343 e. The van der Waals surface area contributed by atoms with Gasteiger partial charge < -0.3 is 4.90 Å². The Balaban J connectivity index is 2.14. The summed E-state index contributed by atoms with van der Waals surface area (Å²) in [5.41, 5.74) is 0. The lowest BCUT2D eigenvalue weighted by molar-refractivity contribution is -0.132. The molecule has 1 amide bonds. The summed E-state index contributed by atoms with van der Waals surface area (Å²) >= 11 is 0. The zero-order valence-electron chi connectivity index (χ0n) is 12.6. The molecule has 0 aromatic rings. The number of hydrogen-bond acceptors (Lipinski definition) is 1. The monoisotopic (exact) mass is 253 g/mol. The Labute approximate surface area is 113 Å². The second-order valence-corrected chi connectivity index (χ2v) is 6.25. The van der Waals surface area contributed by atoms with E-state index in [0.29, 0.717) is 5.91 Å². The fourth-order valence-corrected chi connectivity index (χ4v) is 2.77. The summed E-state index contributed by atoms with van der Waals surface area (Å²) in [4.78, 5) is 14.0. The molecule has 0 saturated carbocycles. The Bertz CT molecular complexity index is 229. The molecule has 0 atom stereocenters. The summed E-state index contributed by atoms with van der Waals surface area (Å²) in [5.74, 6) is 2.09. The molecule has 2 heteroatoms. The first-order chi connectivity index (χ1) is 8.63. The zero-order valence-corrected chi connectivity index (χ0v) is 12.6. The van der Waals surface area contributed by atoms with E-state index in [1.165, 1.54) is 32.1 Å². The van der Waals surface area contributed by atoms with Crippen molar-refractivity contribution in [2.75, 3.05) is 13.1 Å². The van der Waals surface area contributed by atoms with Gasteiger partial charge in [-0.15, -0.1) is 0 Å². The van der Waals surface area contributed by atoms with Crippen LogP contribution in [0.2, 0.25) is 0 Å². The summed E-state index contributed by atoms with van der Waals surface area (Å²) in [6, 6.07) is 0. The number of rotatable bonds is 7. The van der Waals surface area contributed by atoms with E-state index >= 15 is 0 Å². The van der Waals surface area contributed by atoms with Crippen molar-refractivity contribution in [1.82, 2.24) is 4.90 Å². The Morgan fingerprint density at radius 1 is 1.22 bits per heavy atom. The van der Waals surface area contributed by atoms with E-state index in [-0.39, 0.29) is 0 Å². The zero-order chi connectivity index (χ0) is 13.4. The highest BCUT2D eigenvalue weighted by Gasteiger charge is 2.21. The molecule has 1 aliphatic heterocycles. The molecule has 0 radical (unpaired) electrons. The minimum absolute atomic E-state index is 0.387. The maximum absolute atomic E-state index is 11.9. The molecular weight excluding hydrogens is 222 g/mol. The van der Waals surface area contributed by atoms with Crippen LogP contribution < -0.4 is 0 Å². The average Bonchev–Trinajstić information content (AvgIpc) is 2.36. The van der Waals surface area contributed by atoms with Gasteiger partial charge in [0.05, 0.1) is 0 Å². The van der Waals surface area contributed by atoms with Gasteiger partial charge in [0.15, 0.2) is 0 Å². The third kappa shape index (κ3) is 5.88. The van der Waals surface area contributed by atoms with Crippen LogP contribution in [0, 0.1) is 11.8 Å². The number of unbranched alkanes of at least 4 members (excludes halogenated alkanes) is 1. The maximum atomic E-state index is 11.9. The van der Waals surface area contributed by atoms with Gasteiger partial charge in [-0.05, 0) is 31.1 Å². The Kier molecular flexibility index (Phi) is 7.38. The van der Waals surface area contributed by atoms with Crippen LogP contribution in [-0.2, 0) is 4.79 Å². The van der Waals surface area contributed by atoms with Crippen LogP contribution in [0.4, 0.5) is 0 Å². The summed E-state index contributed by atoms with van der Waals surface area (Å²) in [5, 5.41) is 0. The summed E-state index contributed by atoms with van der Waals surface area (Å²) in [7, 11) is 0. The van der Waals surface area contributed by atoms with E-state index in [9.17, 15) is 4.79 Å². The van der Waals surface area contributed by atoms with E-state index in [1.54, 1.807) is 0 Å².